The fraction of sp³-hybridized carbons (Fsp3) is 0.462. The fourth-order valence-corrected chi connectivity index (χ4v) is 2.33. The number of nitrogens with zero attached hydrogens (tertiary/aromatic N) is 1. The van der Waals surface area contributed by atoms with E-state index in [1.165, 1.54) is 12.8 Å². The minimum Gasteiger partial charge on any atom is -0.370 e. The van der Waals surface area contributed by atoms with Gasteiger partial charge in [0.15, 0.2) is 5.96 Å². The lowest BCUT2D eigenvalue weighted by atomic mass is 10.2. The summed E-state index contributed by atoms with van der Waals surface area (Å²) in [6.45, 7) is -0.00846. The first-order chi connectivity index (χ1) is 9.06. The third kappa shape index (κ3) is 4.73. The summed E-state index contributed by atoms with van der Waals surface area (Å²) in [6.07, 6.45) is 4.50. The minimum atomic E-state index is -0.657. The van der Waals surface area contributed by atoms with Crippen molar-refractivity contribution in [3.8, 4) is 0 Å². The highest BCUT2D eigenvalue weighted by Gasteiger charge is 2.15. The van der Waals surface area contributed by atoms with Crippen LogP contribution in [0, 0.1) is 11.6 Å². The van der Waals surface area contributed by atoms with Crippen molar-refractivity contribution in [2.45, 2.75) is 38.3 Å². The molecule has 7 heteroatoms. The van der Waals surface area contributed by atoms with E-state index in [2.05, 4.69) is 10.3 Å². The van der Waals surface area contributed by atoms with Crippen molar-refractivity contribution in [2.24, 2.45) is 10.7 Å². The molecule has 0 spiro atoms. The molecule has 0 aliphatic heterocycles. The average molecular weight is 416 g/mol. The fourth-order valence-electron chi connectivity index (χ4n) is 2.18. The largest absolute Gasteiger partial charge is 0.370 e. The van der Waals surface area contributed by atoms with Crippen LogP contribution in [0.3, 0.4) is 0 Å². The first kappa shape index (κ1) is 17.4. The van der Waals surface area contributed by atoms with Gasteiger partial charge in [-0.15, -0.1) is 24.0 Å². The summed E-state index contributed by atoms with van der Waals surface area (Å²) in [4.78, 5) is 4.02. The first-order valence-corrected chi connectivity index (χ1v) is 6.64. The molecule has 2 rings (SSSR count). The van der Waals surface area contributed by atoms with Gasteiger partial charge in [0.2, 0.25) is 0 Å². The monoisotopic (exact) mass is 415 g/mol. The zero-order chi connectivity index (χ0) is 13.8. The molecule has 20 heavy (non-hydrogen) atoms. The van der Waals surface area contributed by atoms with E-state index in [4.69, 9.17) is 17.3 Å². The van der Waals surface area contributed by atoms with Crippen molar-refractivity contribution in [1.82, 2.24) is 5.32 Å². The second kappa shape index (κ2) is 7.97. The van der Waals surface area contributed by atoms with Gasteiger partial charge in [-0.05, 0) is 25.0 Å². The summed E-state index contributed by atoms with van der Waals surface area (Å²) in [5.74, 6) is -0.971. The van der Waals surface area contributed by atoms with Crippen molar-refractivity contribution in [3.05, 3.63) is 34.4 Å². The van der Waals surface area contributed by atoms with E-state index in [1.807, 2.05) is 0 Å². The van der Waals surface area contributed by atoms with Crippen molar-refractivity contribution in [2.75, 3.05) is 0 Å². The summed E-state index contributed by atoms with van der Waals surface area (Å²) in [5.41, 5.74) is 5.85. The van der Waals surface area contributed by atoms with Crippen LogP contribution in [0.1, 0.15) is 31.2 Å². The SMILES string of the molecule is I.NC(=NCc1cc(F)c(Cl)cc1F)NC1CCCC1. The molecule has 0 radical (unpaired) electrons. The number of hydrogen-bond donors (Lipinski definition) is 2. The quantitative estimate of drug-likeness (QED) is 0.343. The molecule has 1 saturated carbocycles. The van der Waals surface area contributed by atoms with Gasteiger partial charge in [0, 0.05) is 11.6 Å². The molecule has 0 heterocycles. The number of benzene rings is 1. The van der Waals surface area contributed by atoms with Gasteiger partial charge in [0.1, 0.15) is 11.6 Å². The van der Waals surface area contributed by atoms with Crippen LogP contribution in [0.15, 0.2) is 17.1 Å². The van der Waals surface area contributed by atoms with Crippen molar-refractivity contribution < 1.29 is 8.78 Å². The van der Waals surface area contributed by atoms with E-state index in [9.17, 15) is 8.78 Å². The Bertz CT molecular complexity index is 491. The number of hydrogen-bond acceptors (Lipinski definition) is 1. The highest BCUT2D eigenvalue weighted by molar-refractivity contribution is 14.0. The van der Waals surface area contributed by atoms with Crippen LogP contribution in [-0.4, -0.2) is 12.0 Å². The van der Waals surface area contributed by atoms with Gasteiger partial charge >= 0.3 is 0 Å². The zero-order valence-corrected chi connectivity index (χ0v) is 13.9. The number of halogens is 4. The second-order valence-corrected chi connectivity index (χ2v) is 5.09. The summed E-state index contributed by atoms with van der Waals surface area (Å²) in [5, 5.41) is 2.85. The Kier molecular flexibility index (Phi) is 6.94. The molecular formula is C13H17ClF2IN3. The van der Waals surface area contributed by atoms with E-state index in [-0.39, 0.29) is 47.1 Å². The maximum Gasteiger partial charge on any atom is 0.189 e. The number of guanidine groups is 1. The lowest BCUT2D eigenvalue weighted by molar-refractivity contribution is 0.585. The van der Waals surface area contributed by atoms with Crippen molar-refractivity contribution in [1.29, 1.82) is 0 Å². The van der Waals surface area contributed by atoms with Crippen LogP contribution in [0.25, 0.3) is 0 Å². The summed E-state index contributed by atoms with van der Waals surface area (Å²) in [7, 11) is 0. The molecule has 0 aromatic heterocycles. The Morgan fingerprint density at radius 2 is 1.95 bits per heavy atom. The van der Waals surface area contributed by atoms with E-state index in [0.717, 1.165) is 25.0 Å². The number of rotatable bonds is 3. The average Bonchev–Trinajstić information content (AvgIpc) is 2.85. The summed E-state index contributed by atoms with van der Waals surface area (Å²) in [6, 6.07) is 2.34. The number of aliphatic imine (C=N–C) groups is 1. The third-order valence-corrected chi connectivity index (χ3v) is 3.51. The maximum absolute atomic E-state index is 13.5. The Balaban J connectivity index is 0.00000200. The molecule has 1 aromatic rings. The molecule has 1 aromatic carbocycles. The Morgan fingerprint density at radius 1 is 1.30 bits per heavy atom. The standard InChI is InChI=1S/C13H16ClF2N3.HI/c14-10-6-11(15)8(5-12(10)16)7-18-13(17)19-9-3-1-2-4-9;/h5-6,9H,1-4,7H2,(H3,17,18,19);1H. The Morgan fingerprint density at radius 3 is 2.60 bits per heavy atom. The highest BCUT2D eigenvalue weighted by Crippen LogP contribution is 2.20. The summed E-state index contributed by atoms with van der Waals surface area (Å²) < 4.78 is 26.7. The predicted octanol–water partition coefficient (Wildman–Crippen LogP) is 3.58. The van der Waals surface area contributed by atoms with Crippen LogP contribution in [-0.2, 0) is 6.54 Å². The first-order valence-electron chi connectivity index (χ1n) is 6.26. The van der Waals surface area contributed by atoms with E-state index in [1.54, 1.807) is 0 Å². The molecule has 0 saturated heterocycles. The van der Waals surface area contributed by atoms with Crippen LogP contribution in [0.5, 0.6) is 0 Å². The molecule has 0 unspecified atom stereocenters. The molecule has 3 N–H and O–H groups in total. The van der Waals surface area contributed by atoms with Gasteiger partial charge in [0.25, 0.3) is 0 Å². The van der Waals surface area contributed by atoms with Crippen molar-refractivity contribution in [3.63, 3.8) is 0 Å². The maximum atomic E-state index is 13.5. The lowest BCUT2D eigenvalue weighted by Crippen LogP contribution is -2.38. The molecule has 0 amide bonds. The van der Waals surface area contributed by atoms with Gasteiger partial charge in [-0.1, -0.05) is 24.4 Å². The van der Waals surface area contributed by atoms with Crippen LogP contribution < -0.4 is 11.1 Å². The predicted molar refractivity (Wildman–Crippen MR) is 87.5 cm³/mol. The number of nitrogens with two attached hydrogens (primary N) is 1. The highest BCUT2D eigenvalue weighted by atomic mass is 127. The van der Waals surface area contributed by atoms with Gasteiger partial charge in [-0.25, -0.2) is 13.8 Å². The van der Waals surface area contributed by atoms with Crippen molar-refractivity contribution >= 4 is 41.5 Å². The van der Waals surface area contributed by atoms with Crippen LogP contribution in [0.2, 0.25) is 5.02 Å². The normalized spacial score (nSPS) is 16.1. The lowest BCUT2D eigenvalue weighted by Gasteiger charge is -2.12. The second-order valence-electron chi connectivity index (χ2n) is 4.68. The molecule has 1 aliphatic rings. The van der Waals surface area contributed by atoms with Gasteiger partial charge < -0.3 is 11.1 Å². The minimum absolute atomic E-state index is 0. The smallest absolute Gasteiger partial charge is 0.189 e. The Labute approximate surface area is 139 Å². The number of nitrogens with one attached hydrogen (secondary N) is 1. The molecule has 112 valence electrons. The van der Waals surface area contributed by atoms with Gasteiger partial charge in [-0.3, -0.25) is 0 Å². The molecule has 3 nitrogen and oxygen atoms in total. The van der Waals surface area contributed by atoms with E-state index >= 15 is 0 Å². The Hall–Kier alpha value is -0.630. The molecule has 1 fully saturated rings. The van der Waals surface area contributed by atoms with Crippen LogP contribution in [0.4, 0.5) is 8.78 Å². The zero-order valence-electron chi connectivity index (χ0n) is 10.8. The third-order valence-electron chi connectivity index (χ3n) is 3.22. The molecular weight excluding hydrogens is 399 g/mol. The summed E-state index contributed by atoms with van der Waals surface area (Å²) >= 11 is 5.47. The van der Waals surface area contributed by atoms with E-state index < -0.39 is 11.6 Å². The molecule has 0 atom stereocenters. The topological polar surface area (TPSA) is 50.4 Å². The van der Waals surface area contributed by atoms with E-state index in [0.29, 0.717) is 6.04 Å². The molecule has 1 aliphatic carbocycles. The molecule has 0 bridgehead atoms. The van der Waals surface area contributed by atoms with Gasteiger partial charge in [0.05, 0.1) is 11.6 Å². The van der Waals surface area contributed by atoms with Crippen LogP contribution >= 0.6 is 35.6 Å². The van der Waals surface area contributed by atoms with Gasteiger partial charge in [-0.2, -0.15) is 0 Å².